The number of benzene rings is 4. The molecule has 0 spiro atoms. The third-order valence-corrected chi connectivity index (χ3v) is 10.7. The second-order valence-electron chi connectivity index (χ2n) is 12.2. The van der Waals surface area contributed by atoms with E-state index in [0.717, 1.165) is 53.1 Å². The lowest BCUT2D eigenvalue weighted by atomic mass is 9.94. The fourth-order valence-corrected chi connectivity index (χ4v) is 7.80. The fraction of sp³-hybridized carbons (Fsp3) is 0.316. The molecule has 5 rings (SSSR count). The van der Waals surface area contributed by atoms with Crippen molar-refractivity contribution in [2.75, 3.05) is 18.0 Å². The van der Waals surface area contributed by atoms with E-state index in [-0.39, 0.29) is 46.3 Å². The summed E-state index contributed by atoms with van der Waals surface area (Å²) in [5.74, 6) is -0.574. The van der Waals surface area contributed by atoms with Gasteiger partial charge in [-0.3, -0.25) is 13.9 Å². The normalized spacial score (nSPS) is 14.1. The molecule has 1 atom stereocenters. The largest absolute Gasteiger partial charge is 0.495 e. The van der Waals surface area contributed by atoms with E-state index in [1.807, 2.05) is 61.5 Å². The number of hydrogen-bond donors (Lipinski definition) is 1. The second-order valence-corrected chi connectivity index (χ2v) is 14.5. The molecule has 0 unspecified atom stereocenters. The Balaban J connectivity index is 1.60. The van der Waals surface area contributed by atoms with Crippen LogP contribution in [0.5, 0.6) is 5.75 Å². The second kappa shape index (κ2) is 16.2. The number of halogens is 1. The third-order valence-electron chi connectivity index (χ3n) is 8.68. The summed E-state index contributed by atoms with van der Waals surface area (Å²) in [7, 11) is -2.86. The maximum absolute atomic E-state index is 14.8. The smallest absolute Gasteiger partial charge is 0.264 e. The molecule has 8 nitrogen and oxygen atoms in total. The summed E-state index contributed by atoms with van der Waals surface area (Å²) in [5.41, 5.74) is 2.82. The van der Waals surface area contributed by atoms with Gasteiger partial charge in [-0.2, -0.15) is 0 Å². The summed E-state index contributed by atoms with van der Waals surface area (Å²) in [4.78, 5) is 30.6. The van der Waals surface area contributed by atoms with Gasteiger partial charge in [-0.25, -0.2) is 8.42 Å². The molecule has 0 radical (unpaired) electrons. The number of rotatable bonds is 13. The Morgan fingerprint density at radius 2 is 1.54 bits per heavy atom. The molecule has 0 heterocycles. The van der Waals surface area contributed by atoms with E-state index in [2.05, 4.69) is 5.32 Å². The molecule has 252 valence electrons. The Kier molecular flexibility index (Phi) is 11.8. The molecule has 10 heteroatoms. The SMILES string of the molecule is COc1ccc(Cl)cc1N(CC(=O)N(Cc1cccc(C)c1)[C@@H](Cc1ccccc1)C(=O)NC1CCCCC1)S(=O)(=O)c1ccccc1. The summed E-state index contributed by atoms with van der Waals surface area (Å²) in [6, 6.07) is 29.0. The summed E-state index contributed by atoms with van der Waals surface area (Å²) in [6.07, 6.45) is 5.22. The van der Waals surface area contributed by atoms with Crippen LogP contribution in [-0.2, 0) is 32.6 Å². The van der Waals surface area contributed by atoms with Crippen LogP contribution in [0.1, 0.15) is 48.8 Å². The van der Waals surface area contributed by atoms with Crippen LogP contribution in [0, 0.1) is 6.92 Å². The third kappa shape index (κ3) is 8.76. The van der Waals surface area contributed by atoms with E-state index >= 15 is 0 Å². The van der Waals surface area contributed by atoms with E-state index in [9.17, 15) is 18.0 Å². The van der Waals surface area contributed by atoms with Gasteiger partial charge in [0.15, 0.2) is 0 Å². The standard InChI is InChI=1S/C38H42ClN3O5S/c1-28-13-12-16-30(23-28)26-41(35(24-29-14-6-3-7-15-29)38(44)40-32-17-8-4-9-18-32)37(43)27-42(34-25-31(39)21-22-36(34)47-2)48(45,46)33-19-10-5-11-20-33/h3,5-7,10-16,19-23,25,32,35H,4,8-9,17-18,24,26-27H2,1-2H3,(H,40,44)/t35-/m0/s1. The van der Waals surface area contributed by atoms with Crippen LogP contribution in [0.15, 0.2) is 108 Å². The van der Waals surface area contributed by atoms with Gasteiger partial charge in [0.05, 0.1) is 17.7 Å². The molecule has 1 saturated carbocycles. The predicted octanol–water partition coefficient (Wildman–Crippen LogP) is 6.94. The summed E-state index contributed by atoms with van der Waals surface area (Å²) in [6.45, 7) is 1.47. The van der Waals surface area contributed by atoms with E-state index in [0.29, 0.717) is 0 Å². The highest BCUT2D eigenvalue weighted by molar-refractivity contribution is 7.92. The predicted molar refractivity (Wildman–Crippen MR) is 190 cm³/mol. The number of methoxy groups -OCH3 is 1. The number of aryl methyl sites for hydroxylation is 1. The maximum atomic E-state index is 14.8. The zero-order chi connectivity index (χ0) is 34.1. The number of ether oxygens (including phenoxy) is 1. The average Bonchev–Trinajstić information content (AvgIpc) is 3.09. The van der Waals surface area contributed by atoms with Crippen LogP contribution in [-0.4, -0.2) is 50.9 Å². The Morgan fingerprint density at radius 1 is 0.875 bits per heavy atom. The zero-order valence-electron chi connectivity index (χ0n) is 27.3. The molecule has 0 aromatic heterocycles. The molecular formula is C38H42ClN3O5S. The molecule has 4 aromatic carbocycles. The summed E-state index contributed by atoms with van der Waals surface area (Å²) >= 11 is 6.38. The van der Waals surface area contributed by atoms with Gasteiger partial charge in [0.1, 0.15) is 18.3 Å². The monoisotopic (exact) mass is 687 g/mol. The van der Waals surface area contributed by atoms with Crippen molar-refractivity contribution in [1.82, 2.24) is 10.2 Å². The van der Waals surface area contributed by atoms with Crippen molar-refractivity contribution < 1.29 is 22.7 Å². The van der Waals surface area contributed by atoms with Crippen LogP contribution < -0.4 is 14.4 Å². The molecule has 1 aliphatic carbocycles. The number of carbonyl (C=O) groups is 2. The number of nitrogens with zero attached hydrogens (tertiary/aromatic N) is 2. The highest BCUT2D eigenvalue weighted by atomic mass is 35.5. The van der Waals surface area contributed by atoms with Crippen molar-refractivity contribution in [3.8, 4) is 5.75 Å². The van der Waals surface area contributed by atoms with Gasteiger partial charge in [-0.15, -0.1) is 0 Å². The molecule has 1 N–H and O–H groups in total. The molecule has 0 saturated heterocycles. The Bertz CT molecular complexity index is 1800. The number of nitrogens with one attached hydrogen (secondary N) is 1. The number of amides is 2. The van der Waals surface area contributed by atoms with Crippen LogP contribution in [0.25, 0.3) is 0 Å². The van der Waals surface area contributed by atoms with Gasteiger partial charge in [0, 0.05) is 24.0 Å². The van der Waals surface area contributed by atoms with Crippen LogP contribution in [0.4, 0.5) is 5.69 Å². The van der Waals surface area contributed by atoms with Gasteiger partial charge in [0.2, 0.25) is 11.8 Å². The molecule has 4 aromatic rings. The molecule has 1 fully saturated rings. The van der Waals surface area contributed by atoms with E-state index in [1.165, 1.54) is 30.2 Å². The molecule has 48 heavy (non-hydrogen) atoms. The van der Waals surface area contributed by atoms with Crippen LogP contribution in [0.2, 0.25) is 5.02 Å². The number of hydrogen-bond acceptors (Lipinski definition) is 5. The molecule has 0 aliphatic heterocycles. The first kappa shape index (κ1) is 35.0. The first-order valence-electron chi connectivity index (χ1n) is 16.3. The maximum Gasteiger partial charge on any atom is 0.264 e. The Labute approximate surface area is 288 Å². The number of anilines is 1. The Morgan fingerprint density at radius 3 is 2.21 bits per heavy atom. The summed E-state index contributed by atoms with van der Waals surface area (Å²) in [5, 5.41) is 3.51. The van der Waals surface area contributed by atoms with Crippen LogP contribution >= 0.6 is 11.6 Å². The lowest BCUT2D eigenvalue weighted by Gasteiger charge is -2.35. The quantitative estimate of drug-likeness (QED) is 0.164. The van der Waals surface area contributed by atoms with Gasteiger partial charge in [-0.05, 0) is 61.2 Å². The van der Waals surface area contributed by atoms with Gasteiger partial charge < -0.3 is 15.0 Å². The van der Waals surface area contributed by atoms with E-state index < -0.39 is 28.5 Å². The Hall–Kier alpha value is -4.34. The number of sulfonamides is 1. The molecule has 1 aliphatic rings. The van der Waals surface area contributed by atoms with Gasteiger partial charge in [-0.1, -0.05) is 109 Å². The minimum absolute atomic E-state index is 0.000870. The molecular weight excluding hydrogens is 646 g/mol. The molecule has 2 amide bonds. The zero-order valence-corrected chi connectivity index (χ0v) is 28.9. The number of carbonyl (C=O) groups excluding carboxylic acids is 2. The van der Waals surface area contributed by atoms with Crippen molar-refractivity contribution >= 4 is 39.1 Å². The first-order valence-corrected chi connectivity index (χ1v) is 18.1. The lowest BCUT2D eigenvalue weighted by Crippen LogP contribution is -2.55. The minimum atomic E-state index is -4.29. The minimum Gasteiger partial charge on any atom is -0.495 e. The van der Waals surface area contributed by atoms with Crippen LogP contribution in [0.3, 0.4) is 0 Å². The summed E-state index contributed by atoms with van der Waals surface area (Å²) < 4.78 is 35.2. The lowest BCUT2D eigenvalue weighted by molar-refractivity contribution is -0.140. The molecule has 0 bridgehead atoms. The van der Waals surface area contributed by atoms with Crippen molar-refractivity contribution in [2.24, 2.45) is 0 Å². The van der Waals surface area contributed by atoms with E-state index in [1.54, 1.807) is 30.3 Å². The van der Waals surface area contributed by atoms with Crippen molar-refractivity contribution in [3.63, 3.8) is 0 Å². The van der Waals surface area contributed by atoms with Gasteiger partial charge >= 0.3 is 0 Å². The van der Waals surface area contributed by atoms with Crippen molar-refractivity contribution in [1.29, 1.82) is 0 Å². The highest BCUT2D eigenvalue weighted by Crippen LogP contribution is 2.35. The van der Waals surface area contributed by atoms with E-state index in [4.69, 9.17) is 16.3 Å². The highest BCUT2D eigenvalue weighted by Gasteiger charge is 2.36. The average molecular weight is 688 g/mol. The van der Waals surface area contributed by atoms with Gasteiger partial charge in [0.25, 0.3) is 10.0 Å². The topological polar surface area (TPSA) is 96.0 Å². The fourth-order valence-electron chi connectivity index (χ4n) is 6.20. The van der Waals surface area contributed by atoms with Crippen molar-refractivity contribution in [2.45, 2.75) is 69.0 Å². The van der Waals surface area contributed by atoms with Crippen molar-refractivity contribution in [3.05, 3.63) is 125 Å². The first-order chi connectivity index (χ1) is 23.2.